The Bertz CT molecular complexity index is 653. The van der Waals surface area contributed by atoms with Crippen LogP contribution in [0.2, 0.25) is 0 Å². The lowest BCUT2D eigenvalue weighted by Crippen LogP contribution is -2.34. The largest absolute Gasteiger partial charge is 0.347 e. The van der Waals surface area contributed by atoms with Crippen LogP contribution in [-0.4, -0.2) is 19.9 Å². The predicted molar refractivity (Wildman–Crippen MR) is 69.3 cm³/mol. The maximum absolute atomic E-state index is 13.4. The molecule has 0 aromatic heterocycles. The van der Waals surface area contributed by atoms with Gasteiger partial charge in [-0.2, -0.15) is 0 Å². The van der Waals surface area contributed by atoms with E-state index in [-0.39, 0.29) is 21.6 Å². The van der Waals surface area contributed by atoms with Gasteiger partial charge in [0.05, 0.1) is 4.90 Å². The third-order valence-electron chi connectivity index (χ3n) is 3.25. The molecule has 0 bridgehead atoms. The maximum atomic E-state index is 13.4. The number of carbonyl (C=O) groups excluding carboxylic acids is 1. The van der Waals surface area contributed by atoms with Gasteiger partial charge in [0.25, 0.3) is 15.0 Å². The number of hydrogen-bond donors (Lipinski definition) is 1. The Morgan fingerprint density at radius 2 is 2.00 bits per heavy atom. The molecule has 1 aromatic carbocycles. The highest BCUT2D eigenvalue weighted by Crippen LogP contribution is 2.35. The Labute approximate surface area is 115 Å². The highest BCUT2D eigenvalue weighted by atomic mass is 35.7. The van der Waals surface area contributed by atoms with Crippen molar-refractivity contribution in [2.75, 3.05) is 0 Å². The van der Waals surface area contributed by atoms with Crippen LogP contribution in [0, 0.1) is 12.7 Å². The van der Waals surface area contributed by atoms with Crippen LogP contribution in [0.5, 0.6) is 0 Å². The summed E-state index contributed by atoms with van der Waals surface area (Å²) in [6.07, 6.45) is 1.71. The molecule has 0 aliphatic heterocycles. The molecule has 1 aromatic rings. The van der Waals surface area contributed by atoms with Gasteiger partial charge in [-0.3, -0.25) is 4.79 Å². The van der Waals surface area contributed by atoms with E-state index in [2.05, 4.69) is 5.32 Å². The summed E-state index contributed by atoms with van der Waals surface area (Å²) in [4.78, 5) is 11.7. The fourth-order valence-electron chi connectivity index (χ4n) is 1.80. The lowest BCUT2D eigenvalue weighted by atomic mass is 10.1. The third-order valence-corrected chi connectivity index (χ3v) is 4.70. The minimum absolute atomic E-state index is 0.00708. The molecule has 1 saturated carbocycles. The van der Waals surface area contributed by atoms with Gasteiger partial charge >= 0.3 is 0 Å². The second kappa shape index (κ2) is 4.45. The molecule has 0 atom stereocenters. The van der Waals surface area contributed by atoms with Crippen molar-refractivity contribution in [3.05, 3.63) is 29.1 Å². The van der Waals surface area contributed by atoms with Crippen molar-refractivity contribution in [2.24, 2.45) is 0 Å². The fourth-order valence-corrected chi connectivity index (χ4v) is 3.01. The molecular weight excluding hydrogens is 293 g/mol. The van der Waals surface area contributed by atoms with Crippen LogP contribution in [-0.2, 0) is 9.05 Å². The Morgan fingerprint density at radius 3 is 2.47 bits per heavy atom. The molecule has 0 radical (unpaired) electrons. The molecular formula is C12H13ClFNO3S. The zero-order valence-corrected chi connectivity index (χ0v) is 12.0. The van der Waals surface area contributed by atoms with Crippen LogP contribution in [0.25, 0.3) is 0 Å². The van der Waals surface area contributed by atoms with Gasteiger partial charge in [-0.15, -0.1) is 0 Å². The van der Waals surface area contributed by atoms with Gasteiger partial charge in [-0.1, -0.05) is 0 Å². The minimum atomic E-state index is -4.09. The van der Waals surface area contributed by atoms with E-state index in [0.717, 1.165) is 25.0 Å². The highest BCUT2D eigenvalue weighted by Gasteiger charge is 2.39. The number of amides is 1. The van der Waals surface area contributed by atoms with Gasteiger partial charge in [0.2, 0.25) is 0 Å². The number of nitrogens with one attached hydrogen (secondary N) is 1. The Kier molecular flexibility index (Phi) is 3.35. The molecule has 1 amide bonds. The molecule has 0 heterocycles. The van der Waals surface area contributed by atoms with Crippen molar-refractivity contribution in [2.45, 2.75) is 37.1 Å². The summed E-state index contributed by atoms with van der Waals surface area (Å²) in [5.41, 5.74) is -0.124. The van der Waals surface area contributed by atoms with Crippen molar-refractivity contribution in [3.63, 3.8) is 0 Å². The van der Waals surface area contributed by atoms with Crippen LogP contribution < -0.4 is 5.32 Å². The summed E-state index contributed by atoms with van der Waals surface area (Å²) in [5, 5.41) is 2.75. The summed E-state index contributed by atoms with van der Waals surface area (Å²) in [6.45, 7) is 3.30. The van der Waals surface area contributed by atoms with Crippen molar-refractivity contribution >= 4 is 25.6 Å². The van der Waals surface area contributed by atoms with Crippen LogP contribution in [0.1, 0.15) is 35.7 Å². The topological polar surface area (TPSA) is 63.2 Å². The molecule has 19 heavy (non-hydrogen) atoms. The highest BCUT2D eigenvalue weighted by molar-refractivity contribution is 8.13. The first-order valence-electron chi connectivity index (χ1n) is 5.70. The number of carbonyl (C=O) groups is 1. The van der Waals surface area contributed by atoms with Gasteiger partial charge in [-0.05, 0) is 44.4 Å². The summed E-state index contributed by atoms with van der Waals surface area (Å²) < 4.78 is 36.1. The van der Waals surface area contributed by atoms with E-state index in [9.17, 15) is 17.6 Å². The van der Waals surface area contributed by atoms with Crippen molar-refractivity contribution in [1.82, 2.24) is 5.32 Å². The van der Waals surface area contributed by atoms with E-state index in [0.29, 0.717) is 0 Å². The van der Waals surface area contributed by atoms with Gasteiger partial charge < -0.3 is 5.32 Å². The molecule has 2 rings (SSSR count). The van der Waals surface area contributed by atoms with Crippen LogP contribution >= 0.6 is 10.7 Å². The van der Waals surface area contributed by atoms with Gasteiger partial charge in [0.1, 0.15) is 5.82 Å². The molecule has 1 fully saturated rings. The number of halogens is 2. The first kappa shape index (κ1) is 14.3. The zero-order chi connectivity index (χ0) is 14.4. The number of hydrogen-bond acceptors (Lipinski definition) is 3. The van der Waals surface area contributed by atoms with E-state index in [1.807, 2.05) is 6.92 Å². The Morgan fingerprint density at radius 1 is 1.42 bits per heavy atom. The summed E-state index contributed by atoms with van der Waals surface area (Å²) in [5.74, 6) is -1.30. The monoisotopic (exact) mass is 305 g/mol. The lowest BCUT2D eigenvalue weighted by Gasteiger charge is -2.14. The Hall–Kier alpha value is -1.14. The molecule has 1 aliphatic carbocycles. The minimum Gasteiger partial charge on any atom is -0.347 e. The summed E-state index contributed by atoms with van der Waals surface area (Å²) in [6, 6.07) is 1.83. The zero-order valence-electron chi connectivity index (χ0n) is 10.5. The predicted octanol–water partition coefficient (Wildman–Crippen LogP) is 2.34. The second-order valence-electron chi connectivity index (χ2n) is 5.03. The van der Waals surface area contributed by atoms with Crippen molar-refractivity contribution in [3.8, 4) is 0 Å². The van der Waals surface area contributed by atoms with E-state index in [1.54, 1.807) is 0 Å². The first-order chi connectivity index (χ1) is 8.62. The molecule has 1 N–H and O–H groups in total. The Balaban J connectivity index is 2.46. The first-order valence-corrected chi connectivity index (χ1v) is 8.01. The molecule has 0 spiro atoms. The summed E-state index contributed by atoms with van der Waals surface area (Å²) in [7, 11) is 1.14. The van der Waals surface area contributed by atoms with E-state index in [1.165, 1.54) is 6.92 Å². The van der Waals surface area contributed by atoms with Crippen LogP contribution in [0.4, 0.5) is 4.39 Å². The summed E-state index contributed by atoms with van der Waals surface area (Å²) >= 11 is 0. The van der Waals surface area contributed by atoms with Crippen LogP contribution in [0.3, 0.4) is 0 Å². The van der Waals surface area contributed by atoms with Gasteiger partial charge in [0.15, 0.2) is 0 Å². The number of rotatable bonds is 3. The van der Waals surface area contributed by atoms with E-state index >= 15 is 0 Å². The normalized spacial score (nSPS) is 17.1. The average Bonchev–Trinajstić information content (AvgIpc) is 2.97. The molecule has 104 valence electrons. The average molecular weight is 306 g/mol. The van der Waals surface area contributed by atoms with E-state index in [4.69, 9.17) is 10.7 Å². The van der Waals surface area contributed by atoms with E-state index < -0.39 is 20.8 Å². The number of benzene rings is 1. The lowest BCUT2D eigenvalue weighted by molar-refractivity contribution is 0.0934. The third kappa shape index (κ3) is 3.06. The molecule has 0 unspecified atom stereocenters. The van der Waals surface area contributed by atoms with Crippen molar-refractivity contribution < 1.29 is 17.6 Å². The fraction of sp³-hybridized carbons (Fsp3) is 0.417. The molecule has 0 saturated heterocycles. The van der Waals surface area contributed by atoms with Crippen LogP contribution in [0.15, 0.2) is 17.0 Å². The van der Waals surface area contributed by atoms with Crippen molar-refractivity contribution in [1.29, 1.82) is 0 Å². The van der Waals surface area contributed by atoms with Gasteiger partial charge in [-0.25, -0.2) is 12.8 Å². The molecule has 4 nitrogen and oxygen atoms in total. The standard InChI is InChI=1S/C12H13ClFNO3S/c1-7-9(11(16)15-12(2)3-4-12)5-8(14)6-10(7)19(13,17)18/h5-6H,3-4H2,1-2H3,(H,15,16). The molecule has 7 heteroatoms. The smallest absolute Gasteiger partial charge is 0.261 e. The second-order valence-corrected chi connectivity index (χ2v) is 7.56. The maximum Gasteiger partial charge on any atom is 0.261 e. The quantitative estimate of drug-likeness (QED) is 0.872. The van der Waals surface area contributed by atoms with Gasteiger partial charge in [0, 0.05) is 21.8 Å². The molecule has 1 aliphatic rings. The SMILES string of the molecule is Cc1c(C(=O)NC2(C)CC2)cc(F)cc1S(=O)(=O)Cl.